The highest BCUT2D eigenvalue weighted by molar-refractivity contribution is 14.1. The van der Waals surface area contributed by atoms with E-state index >= 15 is 0 Å². The summed E-state index contributed by atoms with van der Waals surface area (Å²) in [7, 11) is 0. The maximum absolute atomic E-state index is 5.86. The highest BCUT2D eigenvalue weighted by Gasteiger charge is 2.11. The van der Waals surface area contributed by atoms with Gasteiger partial charge in [0.05, 0.1) is 5.69 Å². The van der Waals surface area contributed by atoms with Crippen LogP contribution in [0, 0.1) is 3.57 Å². The number of anilines is 2. The van der Waals surface area contributed by atoms with Crippen molar-refractivity contribution in [3.05, 3.63) is 51.6 Å². The molecule has 0 amide bonds. The van der Waals surface area contributed by atoms with Gasteiger partial charge in [-0.15, -0.1) is 11.8 Å². The van der Waals surface area contributed by atoms with Gasteiger partial charge in [-0.25, -0.2) is 0 Å². The summed E-state index contributed by atoms with van der Waals surface area (Å²) >= 11 is 9.12. The molecule has 2 aromatic rings. The van der Waals surface area contributed by atoms with Gasteiger partial charge in [-0.1, -0.05) is 30.4 Å². The number of halogens is 1. The number of para-hydroxylation sites is 1. The van der Waals surface area contributed by atoms with Gasteiger partial charge in [0.15, 0.2) is 0 Å². The second-order valence-electron chi connectivity index (χ2n) is 3.85. The van der Waals surface area contributed by atoms with E-state index in [2.05, 4.69) is 34.0 Å². The summed E-state index contributed by atoms with van der Waals surface area (Å²) in [6.45, 7) is 0. The van der Waals surface area contributed by atoms with Crippen LogP contribution in [-0.4, -0.2) is 11.2 Å². The Kier molecular flexibility index (Phi) is 5.06. The largest absolute Gasteiger partial charge is 0.389 e. The molecule has 0 heterocycles. The third-order valence-electron chi connectivity index (χ3n) is 2.64. The zero-order valence-electron chi connectivity index (χ0n) is 10.3. The van der Waals surface area contributed by atoms with Crippen molar-refractivity contribution in [2.75, 3.05) is 11.6 Å². The third-order valence-corrected chi connectivity index (χ3v) is 4.56. The molecule has 0 aliphatic carbocycles. The normalized spacial score (nSPS) is 10.2. The monoisotopic (exact) mass is 400 g/mol. The molecule has 0 saturated heterocycles. The van der Waals surface area contributed by atoms with Gasteiger partial charge >= 0.3 is 0 Å². The fraction of sp³-hybridized carbons (Fsp3) is 0.0714. The first-order valence-electron chi connectivity index (χ1n) is 5.62. The molecular weight excluding hydrogens is 387 g/mol. The molecule has 0 saturated carbocycles. The van der Waals surface area contributed by atoms with Crippen LogP contribution in [0.3, 0.4) is 0 Å². The molecule has 98 valence electrons. The van der Waals surface area contributed by atoms with Gasteiger partial charge < -0.3 is 11.1 Å². The van der Waals surface area contributed by atoms with Crippen LogP contribution in [0.1, 0.15) is 5.56 Å². The summed E-state index contributed by atoms with van der Waals surface area (Å²) in [5, 5.41) is 3.41. The van der Waals surface area contributed by atoms with E-state index < -0.39 is 0 Å². The molecule has 19 heavy (non-hydrogen) atoms. The Bertz CT molecular complexity index is 614. The molecule has 0 atom stereocenters. The lowest BCUT2D eigenvalue weighted by Gasteiger charge is -2.15. The molecule has 0 bridgehead atoms. The van der Waals surface area contributed by atoms with E-state index in [0.717, 1.165) is 25.4 Å². The molecule has 0 unspecified atom stereocenters. The second kappa shape index (κ2) is 6.58. The molecule has 2 rings (SSSR count). The van der Waals surface area contributed by atoms with E-state index in [-0.39, 0.29) is 0 Å². The molecule has 2 nitrogen and oxygen atoms in total. The number of benzene rings is 2. The minimum atomic E-state index is 0.415. The number of nitrogens with one attached hydrogen (secondary N) is 1. The summed E-state index contributed by atoms with van der Waals surface area (Å²) < 4.78 is 1.16. The smallest absolute Gasteiger partial charge is 0.107 e. The lowest BCUT2D eigenvalue weighted by molar-refractivity contribution is 1.39. The van der Waals surface area contributed by atoms with Crippen molar-refractivity contribution in [1.29, 1.82) is 0 Å². The van der Waals surface area contributed by atoms with E-state index in [1.807, 2.05) is 42.7 Å². The number of hydrogen-bond donors (Lipinski definition) is 2. The maximum atomic E-state index is 5.86. The van der Waals surface area contributed by atoms with Crippen LogP contribution >= 0.6 is 46.6 Å². The number of thiocarbonyl (C=S) groups is 1. The summed E-state index contributed by atoms with van der Waals surface area (Å²) in [5.41, 5.74) is 8.77. The first kappa shape index (κ1) is 14.6. The molecule has 0 aliphatic rings. The fourth-order valence-electron chi connectivity index (χ4n) is 1.77. The van der Waals surface area contributed by atoms with E-state index in [4.69, 9.17) is 18.0 Å². The first-order valence-corrected chi connectivity index (χ1v) is 8.33. The van der Waals surface area contributed by atoms with Crippen LogP contribution in [0.2, 0.25) is 0 Å². The molecule has 0 radical (unpaired) electrons. The molecular formula is C14H13IN2S2. The highest BCUT2D eigenvalue weighted by Crippen LogP contribution is 2.30. The van der Waals surface area contributed by atoms with Crippen molar-refractivity contribution < 1.29 is 0 Å². The lowest BCUT2D eigenvalue weighted by atomic mass is 10.1. The lowest BCUT2D eigenvalue weighted by Crippen LogP contribution is -2.13. The third kappa shape index (κ3) is 3.40. The second-order valence-corrected chi connectivity index (χ2v) is 6.30. The minimum absolute atomic E-state index is 0.415. The van der Waals surface area contributed by atoms with Crippen molar-refractivity contribution in [3.63, 3.8) is 0 Å². The molecule has 0 fully saturated rings. The Balaban J connectivity index is 2.46. The Labute approximate surface area is 136 Å². The summed E-state index contributed by atoms with van der Waals surface area (Å²) in [5.74, 6) is 0. The summed E-state index contributed by atoms with van der Waals surface area (Å²) in [6, 6.07) is 14.1. The van der Waals surface area contributed by atoms with Crippen LogP contribution < -0.4 is 11.1 Å². The predicted molar refractivity (Wildman–Crippen MR) is 96.6 cm³/mol. The molecule has 3 N–H and O–H groups in total. The van der Waals surface area contributed by atoms with Gasteiger partial charge in [0.2, 0.25) is 0 Å². The van der Waals surface area contributed by atoms with Gasteiger partial charge in [0.1, 0.15) is 4.99 Å². The van der Waals surface area contributed by atoms with Crippen LogP contribution in [0.15, 0.2) is 47.4 Å². The molecule has 5 heteroatoms. The molecule has 0 aromatic heterocycles. The Morgan fingerprint density at radius 2 is 1.84 bits per heavy atom. The van der Waals surface area contributed by atoms with Crippen molar-refractivity contribution in [1.82, 2.24) is 0 Å². The van der Waals surface area contributed by atoms with E-state index in [1.54, 1.807) is 11.8 Å². The Morgan fingerprint density at radius 1 is 1.16 bits per heavy atom. The summed E-state index contributed by atoms with van der Waals surface area (Å²) in [4.78, 5) is 1.50. The predicted octanol–water partition coefficient (Wildman–Crippen LogP) is 4.39. The average Bonchev–Trinajstić information content (AvgIpc) is 2.40. The van der Waals surface area contributed by atoms with Crippen LogP contribution in [0.25, 0.3) is 0 Å². The van der Waals surface area contributed by atoms with E-state index in [0.29, 0.717) is 4.99 Å². The standard InChI is InChI=1S/C14H13IN2S2/c1-19-12-8-4-7-11(13(12)14(16)18)17-10-6-3-2-5-9(10)15/h2-8,17H,1H3,(H2,16,18). The van der Waals surface area contributed by atoms with Crippen LogP contribution in [-0.2, 0) is 0 Å². The van der Waals surface area contributed by atoms with Crippen LogP contribution in [0.4, 0.5) is 11.4 Å². The molecule has 2 aromatic carbocycles. The molecule has 0 aliphatic heterocycles. The Morgan fingerprint density at radius 3 is 2.47 bits per heavy atom. The zero-order valence-corrected chi connectivity index (χ0v) is 14.1. The van der Waals surface area contributed by atoms with Gasteiger partial charge in [-0.2, -0.15) is 0 Å². The van der Waals surface area contributed by atoms with Gasteiger partial charge in [0, 0.05) is 19.7 Å². The number of thioether (sulfide) groups is 1. The quantitative estimate of drug-likeness (QED) is 0.454. The number of hydrogen-bond acceptors (Lipinski definition) is 3. The van der Waals surface area contributed by atoms with Crippen molar-refractivity contribution >= 4 is 62.9 Å². The fourth-order valence-corrected chi connectivity index (χ4v) is 3.21. The Hall–Kier alpha value is -0.790. The average molecular weight is 400 g/mol. The van der Waals surface area contributed by atoms with E-state index in [9.17, 15) is 0 Å². The van der Waals surface area contributed by atoms with Crippen LogP contribution in [0.5, 0.6) is 0 Å². The first-order chi connectivity index (χ1) is 9.13. The minimum Gasteiger partial charge on any atom is -0.389 e. The van der Waals surface area contributed by atoms with Crippen molar-refractivity contribution in [2.45, 2.75) is 4.90 Å². The van der Waals surface area contributed by atoms with Gasteiger partial charge in [-0.3, -0.25) is 0 Å². The topological polar surface area (TPSA) is 38.0 Å². The van der Waals surface area contributed by atoms with Crippen molar-refractivity contribution in [2.24, 2.45) is 5.73 Å². The summed E-state index contributed by atoms with van der Waals surface area (Å²) in [6.07, 6.45) is 2.02. The molecule has 0 spiro atoms. The SMILES string of the molecule is CSc1cccc(Nc2ccccc2I)c1C(N)=S. The van der Waals surface area contributed by atoms with Gasteiger partial charge in [0.25, 0.3) is 0 Å². The van der Waals surface area contributed by atoms with E-state index in [1.165, 1.54) is 0 Å². The number of rotatable bonds is 4. The number of nitrogens with two attached hydrogens (primary N) is 1. The maximum Gasteiger partial charge on any atom is 0.107 e. The van der Waals surface area contributed by atoms with Gasteiger partial charge in [-0.05, 0) is 53.1 Å². The van der Waals surface area contributed by atoms with Crippen molar-refractivity contribution in [3.8, 4) is 0 Å². The zero-order chi connectivity index (χ0) is 13.8. The highest BCUT2D eigenvalue weighted by atomic mass is 127.